The largest absolute Gasteiger partial charge is 0.377 e. The zero-order chi connectivity index (χ0) is 15.3. The van der Waals surface area contributed by atoms with Crippen molar-refractivity contribution in [1.29, 1.82) is 0 Å². The van der Waals surface area contributed by atoms with E-state index in [-0.39, 0.29) is 11.9 Å². The zero-order valence-corrected chi connectivity index (χ0v) is 13.1. The molecule has 112 valence electrons. The number of allylic oxidation sites excluding steroid dienone is 2. The first-order valence-corrected chi connectivity index (χ1v) is 8.01. The molecule has 4 rings (SSSR count). The summed E-state index contributed by atoms with van der Waals surface area (Å²) < 4.78 is 14.3. The van der Waals surface area contributed by atoms with Crippen LogP contribution in [0.4, 0.5) is 10.1 Å². The third kappa shape index (κ3) is 1.98. The van der Waals surface area contributed by atoms with Crippen LogP contribution in [-0.2, 0) is 0 Å². The number of anilines is 1. The Morgan fingerprint density at radius 2 is 1.95 bits per heavy atom. The third-order valence-electron chi connectivity index (χ3n) is 4.97. The van der Waals surface area contributed by atoms with Gasteiger partial charge < -0.3 is 5.32 Å². The van der Waals surface area contributed by atoms with E-state index in [1.807, 2.05) is 25.1 Å². The number of benzene rings is 2. The molecule has 2 aliphatic rings. The summed E-state index contributed by atoms with van der Waals surface area (Å²) in [4.78, 5) is 0. The molecule has 0 amide bonds. The smallest absolute Gasteiger partial charge is 0.128 e. The fraction of sp³-hybridized carbons (Fsp3) is 0.263. The molecule has 1 aliphatic heterocycles. The lowest BCUT2D eigenvalue weighted by atomic mass is 9.76. The second-order valence-corrected chi connectivity index (χ2v) is 6.54. The van der Waals surface area contributed by atoms with Gasteiger partial charge in [0.2, 0.25) is 0 Å². The Hall–Kier alpha value is -1.80. The third-order valence-corrected chi connectivity index (χ3v) is 5.38. The summed E-state index contributed by atoms with van der Waals surface area (Å²) >= 11 is 6.28. The van der Waals surface area contributed by atoms with Gasteiger partial charge in [-0.15, -0.1) is 0 Å². The number of halogens is 2. The number of nitrogens with one attached hydrogen (secondary N) is 1. The van der Waals surface area contributed by atoms with Crippen molar-refractivity contribution in [3.8, 4) is 0 Å². The maximum absolute atomic E-state index is 14.3. The van der Waals surface area contributed by atoms with Gasteiger partial charge in [-0.05, 0) is 42.5 Å². The van der Waals surface area contributed by atoms with Gasteiger partial charge in [0, 0.05) is 22.2 Å². The number of fused-ring (bicyclic) bond motifs is 3. The number of rotatable bonds is 1. The second kappa shape index (κ2) is 5.13. The van der Waals surface area contributed by atoms with Crippen LogP contribution < -0.4 is 5.32 Å². The molecule has 0 saturated carbocycles. The van der Waals surface area contributed by atoms with Crippen LogP contribution in [0.1, 0.15) is 35.1 Å². The molecule has 1 aliphatic carbocycles. The molecule has 2 aromatic rings. The average Bonchev–Trinajstić information content (AvgIpc) is 3.00. The summed E-state index contributed by atoms with van der Waals surface area (Å²) in [7, 11) is 0. The Morgan fingerprint density at radius 3 is 2.77 bits per heavy atom. The van der Waals surface area contributed by atoms with E-state index in [0.717, 1.165) is 28.3 Å². The molecule has 0 saturated heterocycles. The highest BCUT2D eigenvalue weighted by Gasteiger charge is 2.39. The van der Waals surface area contributed by atoms with Gasteiger partial charge in [0.25, 0.3) is 0 Å². The fourth-order valence-electron chi connectivity index (χ4n) is 3.82. The summed E-state index contributed by atoms with van der Waals surface area (Å²) in [6.45, 7) is 2.02. The SMILES string of the molecule is Cc1c(Cl)ccc2c1N[C@H](c1ccccc1F)[C@H]1CC=C[C@@H]21. The summed E-state index contributed by atoms with van der Waals surface area (Å²) in [5, 5.41) is 4.32. The van der Waals surface area contributed by atoms with E-state index in [1.165, 1.54) is 11.6 Å². The molecule has 3 atom stereocenters. The minimum absolute atomic E-state index is 0.0223. The first-order chi connectivity index (χ1) is 10.7. The van der Waals surface area contributed by atoms with Gasteiger partial charge in [0.15, 0.2) is 0 Å². The van der Waals surface area contributed by atoms with E-state index in [1.54, 1.807) is 6.07 Å². The normalized spacial score (nSPS) is 25.5. The van der Waals surface area contributed by atoms with Crippen molar-refractivity contribution in [2.24, 2.45) is 5.92 Å². The Kier molecular flexibility index (Phi) is 3.23. The molecule has 0 spiro atoms. The highest BCUT2D eigenvalue weighted by Crippen LogP contribution is 2.51. The van der Waals surface area contributed by atoms with Crippen LogP contribution in [0.15, 0.2) is 48.6 Å². The Morgan fingerprint density at radius 1 is 1.14 bits per heavy atom. The quantitative estimate of drug-likeness (QED) is 0.674. The van der Waals surface area contributed by atoms with Crippen molar-refractivity contribution in [3.05, 3.63) is 76.1 Å². The van der Waals surface area contributed by atoms with E-state index >= 15 is 0 Å². The molecule has 0 unspecified atom stereocenters. The monoisotopic (exact) mass is 313 g/mol. The molecule has 2 aromatic carbocycles. The number of hydrogen-bond donors (Lipinski definition) is 1. The maximum Gasteiger partial charge on any atom is 0.128 e. The highest BCUT2D eigenvalue weighted by atomic mass is 35.5. The van der Waals surface area contributed by atoms with Crippen LogP contribution in [0, 0.1) is 18.7 Å². The lowest BCUT2D eigenvalue weighted by Gasteiger charge is -2.38. The van der Waals surface area contributed by atoms with Crippen molar-refractivity contribution in [3.63, 3.8) is 0 Å². The van der Waals surface area contributed by atoms with Crippen molar-refractivity contribution in [2.75, 3.05) is 5.32 Å². The molecular formula is C19H17ClFN. The zero-order valence-electron chi connectivity index (χ0n) is 12.3. The van der Waals surface area contributed by atoms with E-state index in [0.29, 0.717) is 11.8 Å². The Balaban J connectivity index is 1.87. The Bertz CT molecular complexity index is 768. The van der Waals surface area contributed by atoms with E-state index in [2.05, 4.69) is 23.5 Å². The number of hydrogen-bond acceptors (Lipinski definition) is 1. The topological polar surface area (TPSA) is 12.0 Å². The summed E-state index contributed by atoms with van der Waals surface area (Å²) in [5.74, 6) is 0.538. The predicted octanol–water partition coefficient (Wildman–Crippen LogP) is 5.61. The minimum Gasteiger partial charge on any atom is -0.377 e. The summed E-state index contributed by atoms with van der Waals surface area (Å²) in [6.07, 6.45) is 5.44. The van der Waals surface area contributed by atoms with Gasteiger partial charge in [-0.1, -0.05) is 48.0 Å². The molecule has 0 fully saturated rings. The van der Waals surface area contributed by atoms with Crippen LogP contribution in [0.2, 0.25) is 5.02 Å². The van der Waals surface area contributed by atoms with Crippen LogP contribution >= 0.6 is 11.6 Å². The molecule has 3 heteroatoms. The lowest BCUT2D eigenvalue weighted by Crippen LogP contribution is -2.30. The predicted molar refractivity (Wildman–Crippen MR) is 88.9 cm³/mol. The standard InChI is InChI=1S/C19H17ClFN/c1-11-16(20)10-9-14-12-6-4-7-13(12)19(22-18(11)14)15-5-2-3-8-17(15)21/h2-6,8-10,12-13,19,22H,7H2,1H3/t12-,13+,19+/m1/s1. The van der Waals surface area contributed by atoms with Gasteiger partial charge in [-0.2, -0.15) is 0 Å². The maximum atomic E-state index is 14.3. The molecule has 0 radical (unpaired) electrons. The van der Waals surface area contributed by atoms with E-state index < -0.39 is 0 Å². The van der Waals surface area contributed by atoms with Crippen LogP contribution in [0.3, 0.4) is 0 Å². The van der Waals surface area contributed by atoms with E-state index in [9.17, 15) is 4.39 Å². The molecule has 1 N–H and O–H groups in total. The van der Waals surface area contributed by atoms with Crippen molar-refractivity contribution in [2.45, 2.75) is 25.3 Å². The molecule has 1 nitrogen and oxygen atoms in total. The molecule has 0 bridgehead atoms. The molecule has 0 aromatic heterocycles. The average molecular weight is 314 g/mol. The Labute approximate surface area is 134 Å². The van der Waals surface area contributed by atoms with Gasteiger partial charge in [-0.25, -0.2) is 4.39 Å². The van der Waals surface area contributed by atoms with Crippen molar-refractivity contribution < 1.29 is 4.39 Å². The minimum atomic E-state index is -0.145. The first-order valence-electron chi connectivity index (χ1n) is 7.63. The molecular weight excluding hydrogens is 297 g/mol. The van der Waals surface area contributed by atoms with E-state index in [4.69, 9.17) is 11.6 Å². The summed E-state index contributed by atoms with van der Waals surface area (Å²) in [5.41, 5.74) is 4.12. The van der Waals surface area contributed by atoms with Crippen LogP contribution in [0.5, 0.6) is 0 Å². The van der Waals surface area contributed by atoms with Gasteiger partial charge in [-0.3, -0.25) is 0 Å². The lowest BCUT2D eigenvalue weighted by molar-refractivity contribution is 0.413. The van der Waals surface area contributed by atoms with Gasteiger partial charge in [0.05, 0.1) is 6.04 Å². The van der Waals surface area contributed by atoms with Crippen molar-refractivity contribution >= 4 is 17.3 Å². The van der Waals surface area contributed by atoms with Crippen LogP contribution in [-0.4, -0.2) is 0 Å². The van der Waals surface area contributed by atoms with Crippen LogP contribution in [0.25, 0.3) is 0 Å². The van der Waals surface area contributed by atoms with Crippen molar-refractivity contribution in [1.82, 2.24) is 0 Å². The fourth-order valence-corrected chi connectivity index (χ4v) is 3.98. The van der Waals surface area contributed by atoms with Gasteiger partial charge >= 0.3 is 0 Å². The first kappa shape index (κ1) is 13.8. The highest BCUT2D eigenvalue weighted by molar-refractivity contribution is 6.31. The second-order valence-electron chi connectivity index (χ2n) is 6.13. The summed E-state index contributed by atoms with van der Waals surface area (Å²) in [6, 6.07) is 11.1. The van der Waals surface area contributed by atoms with Gasteiger partial charge in [0.1, 0.15) is 5.82 Å². The molecule has 22 heavy (non-hydrogen) atoms. The molecule has 1 heterocycles.